The van der Waals surface area contributed by atoms with Crippen molar-refractivity contribution in [1.82, 2.24) is 9.97 Å². The van der Waals surface area contributed by atoms with E-state index in [1.807, 2.05) is 6.07 Å². The maximum Gasteiger partial charge on any atom is 0.185 e. The Hall–Kier alpha value is -3.05. The molecule has 0 saturated carbocycles. The van der Waals surface area contributed by atoms with E-state index in [4.69, 9.17) is 13.9 Å². The summed E-state index contributed by atoms with van der Waals surface area (Å²) in [4.78, 5) is 10.7. The molecule has 0 aliphatic rings. The molecule has 1 aromatic carbocycles. The molecular formula is C19H17BrN4O3. The number of halogens is 1. The van der Waals surface area contributed by atoms with Gasteiger partial charge in [0.25, 0.3) is 0 Å². The summed E-state index contributed by atoms with van der Waals surface area (Å²) in [5, 5.41) is 9.82. The van der Waals surface area contributed by atoms with Crippen molar-refractivity contribution in [2.45, 2.75) is 6.92 Å². The van der Waals surface area contributed by atoms with Crippen LogP contribution in [-0.4, -0.2) is 31.2 Å². The Balaban J connectivity index is 2.25. The first-order valence-electron chi connectivity index (χ1n) is 7.98. The van der Waals surface area contributed by atoms with Crippen molar-refractivity contribution in [2.75, 3.05) is 26.2 Å². The van der Waals surface area contributed by atoms with E-state index < -0.39 is 0 Å². The molecule has 8 heteroatoms. The number of methoxy groups -OCH3 is 2. The number of aromatic nitrogens is 2. The molecule has 27 heavy (non-hydrogen) atoms. The van der Waals surface area contributed by atoms with Gasteiger partial charge in [-0.3, -0.25) is 0 Å². The van der Waals surface area contributed by atoms with Crippen LogP contribution in [0.15, 0.2) is 39.4 Å². The third-order valence-electron chi connectivity index (χ3n) is 3.99. The molecule has 2 aromatic heterocycles. The van der Waals surface area contributed by atoms with Crippen molar-refractivity contribution >= 4 is 27.4 Å². The third kappa shape index (κ3) is 3.34. The molecule has 3 aromatic rings. The lowest BCUT2D eigenvalue weighted by atomic mass is 10.1. The van der Waals surface area contributed by atoms with Crippen LogP contribution in [0.3, 0.4) is 0 Å². The highest BCUT2D eigenvalue weighted by Gasteiger charge is 2.25. The first-order valence-corrected chi connectivity index (χ1v) is 8.78. The van der Waals surface area contributed by atoms with Gasteiger partial charge in [-0.15, -0.1) is 0 Å². The lowest BCUT2D eigenvalue weighted by Crippen LogP contribution is -2.17. The summed E-state index contributed by atoms with van der Waals surface area (Å²) in [6.45, 7) is 1.77. The second-order valence-corrected chi connectivity index (χ2v) is 6.45. The zero-order valence-corrected chi connectivity index (χ0v) is 16.9. The maximum absolute atomic E-state index is 9.82. The molecule has 0 spiro atoms. The van der Waals surface area contributed by atoms with E-state index in [1.165, 1.54) is 0 Å². The van der Waals surface area contributed by atoms with E-state index in [1.54, 1.807) is 57.6 Å². The number of nitrogens with zero attached hydrogens (tertiary/aromatic N) is 4. The molecule has 3 rings (SSSR count). The molecule has 0 N–H and O–H groups in total. The van der Waals surface area contributed by atoms with Gasteiger partial charge in [-0.25, -0.2) is 9.97 Å². The van der Waals surface area contributed by atoms with Gasteiger partial charge in [0.05, 0.1) is 20.5 Å². The molecule has 138 valence electrons. The van der Waals surface area contributed by atoms with Crippen LogP contribution in [0.5, 0.6) is 11.5 Å². The van der Waals surface area contributed by atoms with Crippen LogP contribution >= 0.6 is 15.9 Å². The molecule has 0 aliphatic carbocycles. The van der Waals surface area contributed by atoms with Crippen molar-refractivity contribution < 1.29 is 13.9 Å². The van der Waals surface area contributed by atoms with Gasteiger partial charge in [-0.05, 0) is 47.1 Å². The number of hydrogen-bond acceptors (Lipinski definition) is 7. The Morgan fingerprint density at radius 1 is 1.19 bits per heavy atom. The van der Waals surface area contributed by atoms with Crippen LogP contribution in [0.25, 0.3) is 11.5 Å². The number of furan rings is 1. The second-order valence-electron chi connectivity index (χ2n) is 5.60. The first kappa shape index (κ1) is 18.7. The Labute approximate surface area is 165 Å². The molecule has 0 aliphatic heterocycles. The minimum atomic E-state index is 0.301. The van der Waals surface area contributed by atoms with Crippen LogP contribution < -0.4 is 14.4 Å². The van der Waals surface area contributed by atoms with Crippen LogP contribution in [0.2, 0.25) is 0 Å². The summed E-state index contributed by atoms with van der Waals surface area (Å²) in [7, 11) is 4.93. The molecule has 0 atom stereocenters. The number of rotatable bonds is 5. The lowest BCUT2D eigenvalue weighted by molar-refractivity contribution is 0.355. The number of anilines is 2. The predicted molar refractivity (Wildman–Crippen MR) is 104 cm³/mol. The fraction of sp³-hybridized carbons (Fsp3) is 0.211. The molecule has 0 unspecified atom stereocenters. The first-order chi connectivity index (χ1) is 13.0. The van der Waals surface area contributed by atoms with Gasteiger partial charge >= 0.3 is 0 Å². The molecule has 0 saturated heterocycles. The van der Waals surface area contributed by atoms with Crippen molar-refractivity contribution in [3.63, 3.8) is 0 Å². The minimum absolute atomic E-state index is 0.301. The van der Waals surface area contributed by atoms with E-state index in [0.29, 0.717) is 45.8 Å². The van der Waals surface area contributed by atoms with E-state index in [2.05, 4.69) is 32.0 Å². The predicted octanol–water partition coefficient (Wildman–Crippen LogP) is 4.46. The smallest absolute Gasteiger partial charge is 0.185 e. The van der Waals surface area contributed by atoms with E-state index in [0.717, 1.165) is 4.47 Å². The van der Waals surface area contributed by atoms with Gasteiger partial charge in [0.15, 0.2) is 23.1 Å². The largest absolute Gasteiger partial charge is 0.493 e. The fourth-order valence-corrected chi connectivity index (χ4v) is 3.38. The van der Waals surface area contributed by atoms with Gasteiger partial charge in [-0.1, -0.05) is 0 Å². The molecule has 0 fully saturated rings. The highest BCUT2D eigenvalue weighted by atomic mass is 79.9. The van der Waals surface area contributed by atoms with Crippen molar-refractivity contribution in [2.24, 2.45) is 0 Å². The highest BCUT2D eigenvalue weighted by molar-refractivity contribution is 9.10. The Morgan fingerprint density at radius 2 is 1.96 bits per heavy atom. The second kappa shape index (κ2) is 7.68. The van der Waals surface area contributed by atoms with Gasteiger partial charge < -0.3 is 18.8 Å². The molecule has 2 heterocycles. The van der Waals surface area contributed by atoms with Crippen LogP contribution in [0, 0.1) is 18.3 Å². The molecule has 7 nitrogen and oxygen atoms in total. The zero-order chi connectivity index (χ0) is 19.6. The van der Waals surface area contributed by atoms with Crippen molar-refractivity contribution in [3.8, 4) is 29.0 Å². The van der Waals surface area contributed by atoms with E-state index >= 15 is 0 Å². The third-order valence-corrected chi connectivity index (χ3v) is 4.63. The Bertz CT molecular complexity index is 1010. The Morgan fingerprint density at radius 3 is 2.56 bits per heavy atom. The summed E-state index contributed by atoms with van der Waals surface area (Å²) in [6.07, 6.45) is 1.54. The Kier molecular flexibility index (Phi) is 5.33. The summed E-state index contributed by atoms with van der Waals surface area (Å²) >= 11 is 3.55. The number of nitriles is 1. The quantitative estimate of drug-likeness (QED) is 0.592. The number of aryl methyl sites for hydroxylation is 1. The molecule has 0 amide bonds. The topological polar surface area (TPSA) is 84.4 Å². The summed E-state index contributed by atoms with van der Waals surface area (Å²) < 4.78 is 17.2. The standard InChI is InChI=1S/C19H17BrN4O3/c1-11-22-16(14-6-5-9-27-14)12(10-21)19(23-11)24(2)17-13(20)7-8-15(25-3)18(17)26-4/h5-9H,1-4H3. The lowest BCUT2D eigenvalue weighted by Gasteiger charge is -2.25. The van der Waals surface area contributed by atoms with Gasteiger partial charge in [0.1, 0.15) is 28.8 Å². The van der Waals surface area contributed by atoms with E-state index in [-0.39, 0.29) is 0 Å². The summed E-state index contributed by atoms with van der Waals surface area (Å²) in [5.41, 5.74) is 1.42. The zero-order valence-electron chi connectivity index (χ0n) is 15.3. The number of ether oxygens (including phenoxy) is 2. The van der Waals surface area contributed by atoms with Crippen LogP contribution in [0.1, 0.15) is 11.4 Å². The average molecular weight is 429 g/mol. The molecular weight excluding hydrogens is 412 g/mol. The monoisotopic (exact) mass is 428 g/mol. The fourth-order valence-electron chi connectivity index (χ4n) is 2.80. The molecule has 0 radical (unpaired) electrons. The van der Waals surface area contributed by atoms with Gasteiger partial charge in [-0.2, -0.15) is 5.26 Å². The van der Waals surface area contributed by atoms with Crippen molar-refractivity contribution in [3.05, 3.63) is 46.4 Å². The van der Waals surface area contributed by atoms with Crippen LogP contribution in [0.4, 0.5) is 11.5 Å². The minimum Gasteiger partial charge on any atom is -0.493 e. The van der Waals surface area contributed by atoms with E-state index in [9.17, 15) is 5.26 Å². The SMILES string of the molecule is COc1ccc(Br)c(N(C)c2nc(C)nc(-c3ccco3)c2C#N)c1OC. The van der Waals surface area contributed by atoms with Crippen molar-refractivity contribution in [1.29, 1.82) is 5.26 Å². The average Bonchev–Trinajstić information content (AvgIpc) is 3.21. The van der Waals surface area contributed by atoms with Gasteiger partial charge in [0.2, 0.25) is 0 Å². The van der Waals surface area contributed by atoms with Gasteiger partial charge in [0, 0.05) is 11.5 Å². The van der Waals surface area contributed by atoms with Crippen LogP contribution in [-0.2, 0) is 0 Å². The normalized spacial score (nSPS) is 10.4. The number of hydrogen-bond donors (Lipinski definition) is 0. The summed E-state index contributed by atoms with van der Waals surface area (Å²) in [6, 6.07) is 9.35. The summed E-state index contributed by atoms with van der Waals surface area (Å²) in [5.74, 6) is 2.54. The molecule has 0 bridgehead atoms. The maximum atomic E-state index is 9.82. The highest BCUT2D eigenvalue weighted by Crippen LogP contribution is 2.45. The number of benzene rings is 1.